The lowest BCUT2D eigenvalue weighted by molar-refractivity contribution is -0.132. The fraction of sp³-hybridized carbons (Fsp3) is 0.611. The van der Waals surface area contributed by atoms with E-state index in [1.54, 1.807) is 0 Å². The number of nitrogens with zero attached hydrogens (tertiary/aromatic N) is 1. The molecule has 2 unspecified atom stereocenters. The summed E-state index contributed by atoms with van der Waals surface area (Å²) in [6.07, 6.45) is 6.78. The van der Waals surface area contributed by atoms with Gasteiger partial charge in [-0.25, -0.2) is 0 Å². The molecule has 2 aliphatic heterocycles. The average Bonchev–Trinajstić information content (AvgIpc) is 2.79. The number of hydrogen-bond donors (Lipinski definition) is 1. The number of benzene rings is 1. The highest BCUT2D eigenvalue weighted by atomic mass is 16.2. The van der Waals surface area contributed by atoms with E-state index in [4.69, 9.17) is 0 Å². The molecule has 21 heavy (non-hydrogen) atoms. The summed E-state index contributed by atoms with van der Waals surface area (Å²) in [5, 5.41) is 3.45. The van der Waals surface area contributed by atoms with Crippen LogP contribution < -0.4 is 5.32 Å². The number of nitrogens with one attached hydrogen (secondary N) is 1. The van der Waals surface area contributed by atoms with E-state index >= 15 is 0 Å². The average molecular weight is 286 g/mol. The van der Waals surface area contributed by atoms with Gasteiger partial charge in [-0.3, -0.25) is 4.79 Å². The van der Waals surface area contributed by atoms with E-state index in [0.717, 1.165) is 44.0 Å². The molecule has 3 nitrogen and oxygen atoms in total. The van der Waals surface area contributed by atoms with Crippen molar-refractivity contribution in [1.82, 2.24) is 4.90 Å². The molecule has 2 aliphatic rings. The van der Waals surface area contributed by atoms with Crippen LogP contribution in [-0.2, 0) is 11.2 Å². The van der Waals surface area contributed by atoms with Gasteiger partial charge in [0.15, 0.2) is 0 Å². The topological polar surface area (TPSA) is 32.3 Å². The summed E-state index contributed by atoms with van der Waals surface area (Å²) in [7, 11) is 0. The zero-order valence-corrected chi connectivity index (χ0v) is 13.0. The second-order valence-corrected chi connectivity index (χ2v) is 6.42. The predicted octanol–water partition coefficient (Wildman–Crippen LogP) is 3.45. The second-order valence-electron chi connectivity index (χ2n) is 6.42. The van der Waals surface area contributed by atoms with Crippen LogP contribution >= 0.6 is 0 Å². The number of anilines is 1. The third kappa shape index (κ3) is 3.22. The molecule has 0 bridgehead atoms. The molecule has 0 aliphatic carbocycles. The van der Waals surface area contributed by atoms with Gasteiger partial charge >= 0.3 is 0 Å². The summed E-state index contributed by atoms with van der Waals surface area (Å²) in [6.45, 7) is 4.15. The van der Waals surface area contributed by atoms with E-state index in [1.165, 1.54) is 24.8 Å². The molecule has 1 fully saturated rings. The van der Waals surface area contributed by atoms with Crippen molar-refractivity contribution in [1.29, 1.82) is 0 Å². The maximum atomic E-state index is 12.8. The lowest BCUT2D eigenvalue weighted by Gasteiger charge is -2.31. The van der Waals surface area contributed by atoms with Crippen LogP contribution in [0.3, 0.4) is 0 Å². The number of para-hydroxylation sites is 1. The number of rotatable bonds is 2. The van der Waals surface area contributed by atoms with Crippen molar-refractivity contribution < 1.29 is 4.79 Å². The molecule has 3 heteroatoms. The fourth-order valence-corrected chi connectivity index (χ4v) is 3.64. The molecule has 0 radical (unpaired) electrons. The van der Waals surface area contributed by atoms with Crippen molar-refractivity contribution in [3.05, 3.63) is 29.8 Å². The molecule has 1 amide bonds. The molecule has 2 atom stereocenters. The molecule has 0 aromatic heterocycles. The highest BCUT2D eigenvalue weighted by Gasteiger charge is 2.28. The first kappa shape index (κ1) is 14.4. The Hall–Kier alpha value is -1.51. The summed E-state index contributed by atoms with van der Waals surface area (Å²) in [4.78, 5) is 14.9. The Morgan fingerprint density at radius 2 is 2.10 bits per heavy atom. The van der Waals surface area contributed by atoms with E-state index in [0.29, 0.717) is 5.91 Å². The van der Waals surface area contributed by atoms with Gasteiger partial charge in [0.05, 0.1) is 0 Å². The highest BCUT2D eigenvalue weighted by molar-refractivity contribution is 5.85. The molecule has 0 saturated carbocycles. The molecule has 114 valence electrons. The van der Waals surface area contributed by atoms with Crippen LogP contribution in [0.5, 0.6) is 0 Å². The molecule has 1 aromatic rings. The number of carbonyl (C=O) groups excluding carboxylic acids is 1. The molecule has 3 rings (SSSR count). The Morgan fingerprint density at radius 1 is 1.24 bits per heavy atom. The smallest absolute Gasteiger partial charge is 0.245 e. The minimum atomic E-state index is -0.0296. The summed E-state index contributed by atoms with van der Waals surface area (Å²) < 4.78 is 0. The van der Waals surface area contributed by atoms with Gasteiger partial charge in [-0.05, 0) is 49.7 Å². The maximum absolute atomic E-state index is 12.8. The third-order valence-electron chi connectivity index (χ3n) is 5.08. The number of hydrogen-bond acceptors (Lipinski definition) is 2. The maximum Gasteiger partial charge on any atom is 0.245 e. The van der Waals surface area contributed by atoms with Gasteiger partial charge in [0.2, 0.25) is 5.91 Å². The zero-order chi connectivity index (χ0) is 14.7. The molecular weight excluding hydrogens is 260 g/mol. The first-order chi connectivity index (χ1) is 10.3. The van der Waals surface area contributed by atoms with Crippen molar-refractivity contribution in [3.8, 4) is 0 Å². The minimum absolute atomic E-state index is 0.0296. The molecule has 1 N–H and O–H groups in total. The van der Waals surface area contributed by atoms with E-state index in [2.05, 4.69) is 35.3 Å². The largest absolute Gasteiger partial charge is 0.373 e. The van der Waals surface area contributed by atoms with Crippen molar-refractivity contribution >= 4 is 11.6 Å². The van der Waals surface area contributed by atoms with Crippen LogP contribution in [0.25, 0.3) is 0 Å². The highest BCUT2D eigenvalue weighted by Crippen LogP contribution is 2.26. The van der Waals surface area contributed by atoms with Crippen LogP contribution in [0, 0.1) is 5.92 Å². The van der Waals surface area contributed by atoms with Crippen molar-refractivity contribution in [3.63, 3.8) is 0 Å². The fourth-order valence-electron chi connectivity index (χ4n) is 3.64. The summed E-state index contributed by atoms with van der Waals surface area (Å²) in [5.41, 5.74) is 2.48. The SMILES string of the molecule is CCC1CCCN(C(=O)C2CCc3ccccc3N2)CC1. The Morgan fingerprint density at radius 3 is 2.95 bits per heavy atom. The lowest BCUT2D eigenvalue weighted by Crippen LogP contribution is -2.45. The normalized spacial score (nSPS) is 25.7. The van der Waals surface area contributed by atoms with Gasteiger partial charge in [-0.2, -0.15) is 0 Å². The van der Waals surface area contributed by atoms with E-state index in [9.17, 15) is 4.79 Å². The number of likely N-dealkylation sites (tertiary alicyclic amines) is 1. The van der Waals surface area contributed by atoms with Gasteiger partial charge in [-0.15, -0.1) is 0 Å². The first-order valence-electron chi connectivity index (χ1n) is 8.41. The standard InChI is InChI=1S/C18H26N2O/c1-2-14-6-5-12-20(13-11-14)18(21)17-10-9-15-7-3-4-8-16(15)19-17/h3-4,7-8,14,17,19H,2,5-6,9-13H2,1H3. The van der Waals surface area contributed by atoms with Gasteiger partial charge in [0, 0.05) is 18.8 Å². The number of aryl methyl sites for hydroxylation is 1. The monoisotopic (exact) mass is 286 g/mol. The molecular formula is C18H26N2O. The molecule has 0 spiro atoms. The number of fused-ring (bicyclic) bond motifs is 1. The van der Waals surface area contributed by atoms with E-state index < -0.39 is 0 Å². The van der Waals surface area contributed by atoms with Crippen LogP contribution in [-0.4, -0.2) is 29.9 Å². The Kier molecular flexibility index (Phi) is 4.47. The Balaban J connectivity index is 1.64. The molecule has 2 heterocycles. The van der Waals surface area contributed by atoms with Crippen molar-refractivity contribution in [2.45, 2.75) is 51.5 Å². The Bertz CT molecular complexity index is 500. The van der Waals surface area contributed by atoms with Crippen LogP contribution in [0.2, 0.25) is 0 Å². The quantitative estimate of drug-likeness (QED) is 0.903. The predicted molar refractivity (Wildman–Crippen MR) is 86.4 cm³/mol. The van der Waals surface area contributed by atoms with Crippen molar-refractivity contribution in [2.24, 2.45) is 5.92 Å². The minimum Gasteiger partial charge on any atom is -0.373 e. The summed E-state index contributed by atoms with van der Waals surface area (Å²) in [5.74, 6) is 1.11. The van der Waals surface area contributed by atoms with E-state index in [-0.39, 0.29) is 6.04 Å². The summed E-state index contributed by atoms with van der Waals surface area (Å²) >= 11 is 0. The van der Waals surface area contributed by atoms with Crippen LogP contribution in [0.15, 0.2) is 24.3 Å². The zero-order valence-electron chi connectivity index (χ0n) is 13.0. The van der Waals surface area contributed by atoms with E-state index in [1.807, 2.05) is 6.07 Å². The van der Waals surface area contributed by atoms with Crippen LogP contribution in [0.1, 0.15) is 44.6 Å². The second kappa shape index (κ2) is 6.50. The van der Waals surface area contributed by atoms with Crippen molar-refractivity contribution in [2.75, 3.05) is 18.4 Å². The lowest BCUT2D eigenvalue weighted by atomic mass is 9.97. The molecule has 1 saturated heterocycles. The Labute approximate surface area is 127 Å². The number of carbonyl (C=O) groups is 1. The van der Waals surface area contributed by atoms with Gasteiger partial charge in [0.1, 0.15) is 6.04 Å². The van der Waals surface area contributed by atoms with Gasteiger partial charge in [-0.1, -0.05) is 31.5 Å². The van der Waals surface area contributed by atoms with Gasteiger partial charge in [0.25, 0.3) is 0 Å². The van der Waals surface area contributed by atoms with Crippen LogP contribution in [0.4, 0.5) is 5.69 Å². The first-order valence-corrected chi connectivity index (χ1v) is 8.41. The number of amides is 1. The summed E-state index contributed by atoms with van der Waals surface area (Å²) in [6, 6.07) is 8.32. The van der Waals surface area contributed by atoms with Gasteiger partial charge < -0.3 is 10.2 Å². The molecule has 1 aromatic carbocycles. The third-order valence-corrected chi connectivity index (χ3v) is 5.08.